The Kier molecular flexibility index (Phi) is 5.99. The molecular formula is C16H26N2O2. The van der Waals surface area contributed by atoms with Gasteiger partial charge >= 0.3 is 5.97 Å². The molecule has 0 amide bonds. The number of aromatic carboxylic acids is 1. The standard InChI is InChI=1S/C16H26N2O2/c1-6-14(7-2)18(10-11(3)4)15-12(5)8-13(9-17-15)16(19)20/h8-9,11,14H,6-7,10H2,1-5H3,(H,19,20). The maximum absolute atomic E-state index is 11.0. The lowest BCUT2D eigenvalue weighted by atomic mass is 10.1. The van der Waals surface area contributed by atoms with E-state index < -0.39 is 5.97 Å². The second-order valence-corrected chi connectivity index (χ2v) is 5.69. The highest BCUT2D eigenvalue weighted by molar-refractivity contribution is 5.87. The Labute approximate surface area is 121 Å². The lowest BCUT2D eigenvalue weighted by molar-refractivity contribution is 0.0696. The van der Waals surface area contributed by atoms with Gasteiger partial charge in [-0.05, 0) is 37.3 Å². The van der Waals surface area contributed by atoms with Crippen LogP contribution in [0, 0.1) is 12.8 Å². The van der Waals surface area contributed by atoms with E-state index >= 15 is 0 Å². The zero-order valence-corrected chi connectivity index (χ0v) is 13.2. The van der Waals surface area contributed by atoms with Crippen LogP contribution < -0.4 is 4.90 Å². The lowest BCUT2D eigenvalue weighted by Crippen LogP contribution is -2.38. The number of hydrogen-bond acceptors (Lipinski definition) is 3. The molecule has 0 aliphatic rings. The molecule has 4 heteroatoms. The Bertz CT molecular complexity index is 454. The summed E-state index contributed by atoms with van der Waals surface area (Å²) >= 11 is 0. The number of carboxylic acids is 1. The van der Waals surface area contributed by atoms with Gasteiger partial charge in [0.05, 0.1) is 5.56 Å². The summed E-state index contributed by atoms with van der Waals surface area (Å²) in [6.45, 7) is 11.6. The van der Waals surface area contributed by atoms with E-state index in [1.54, 1.807) is 6.07 Å². The van der Waals surface area contributed by atoms with Crippen molar-refractivity contribution >= 4 is 11.8 Å². The first-order chi connectivity index (χ1) is 9.40. The Morgan fingerprint density at radius 1 is 1.35 bits per heavy atom. The summed E-state index contributed by atoms with van der Waals surface area (Å²) in [5.74, 6) is 0.526. The number of aromatic nitrogens is 1. The van der Waals surface area contributed by atoms with Crippen molar-refractivity contribution in [1.82, 2.24) is 4.98 Å². The molecule has 0 aliphatic heterocycles. The van der Waals surface area contributed by atoms with Gasteiger partial charge < -0.3 is 10.0 Å². The van der Waals surface area contributed by atoms with Gasteiger partial charge in [-0.1, -0.05) is 27.7 Å². The smallest absolute Gasteiger partial charge is 0.337 e. The van der Waals surface area contributed by atoms with Crippen LogP contribution in [0.15, 0.2) is 12.3 Å². The SMILES string of the molecule is CCC(CC)N(CC(C)C)c1ncc(C(=O)O)cc1C. The zero-order chi connectivity index (χ0) is 15.3. The number of pyridine rings is 1. The number of rotatable bonds is 7. The van der Waals surface area contributed by atoms with E-state index in [0.29, 0.717) is 12.0 Å². The molecule has 0 saturated heterocycles. The van der Waals surface area contributed by atoms with Crippen molar-refractivity contribution in [2.24, 2.45) is 5.92 Å². The average molecular weight is 278 g/mol. The number of nitrogens with zero attached hydrogens (tertiary/aromatic N) is 2. The number of hydrogen-bond donors (Lipinski definition) is 1. The van der Waals surface area contributed by atoms with Crippen molar-refractivity contribution in [2.45, 2.75) is 53.5 Å². The summed E-state index contributed by atoms with van der Waals surface area (Å²) < 4.78 is 0. The molecule has 1 heterocycles. The fourth-order valence-corrected chi connectivity index (χ4v) is 2.52. The summed E-state index contributed by atoms with van der Waals surface area (Å²) in [5.41, 5.74) is 1.18. The molecule has 1 N–H and O–H groups in total. The molecule has 0 aromatic carbocycles. The fourth-order valence-electron chi connectivity index (χ4n) is 2.52. The monoisotopic (exact) mass is 278 g/mol. The van der Waals surface area contributed by atoms with Crippen molar-refractivity contribution in [1.29, 1.82) is 0 Å². The summed E-state index contributed by atoms with van der Waals surface area (Å²) in [7, 11) is 0. The third-order valence-electron chi connectivity index (χ3n) is 3.51. The van der Waals surface area contributed by atoms with Gasteiger partial charge in [-0.25, -0.2) is 9.78 Å². The van der Waals surface area contributed by atoms with Gasteiger partial charge in [0.1, 0.15) is 5.82 Å². The molecule has 0 atom stereocenters. The van der Waals surface area contributed by atoms with Gasteiger partial charge in [0.2, 0.25) is 0 Å². The Balaban J connectivity index is 3.16. The summed E-state index contributed by atoms with van der Waals surface area (Å²) in [4.78, 5) is 17.7. The molecule has 20 heavy (non-hydrogen) atoms. The van der Waals surface area contributed by atoms with Crippen LogP contribution in [0.25, 0.3) is 0 Å². The number of aryl methyl sites for hydroxylation is 1. The molecule has 0 unspecified atom stereocenters. The third-order valence-corrected chi connectivity index (χ3v) is 3.51. The summed E-state index contributed by atoms with van der Waals surface area (Å²) in [5, 5.41) is 9.03. The number of carbonyl (C=O) groups is 1. The minimum Gasteiger partial charge on any atom is -0.478 e. The fraction of sp³-hybridized carbons (Fsp3) is 0.625. The van der Waals surface area contributed by atoms with Crippen LogP contribution in [0.1, 0.15) is 56.5 Å². The first kappa shape index (κ1) is 16.5. The molecule has 0 saturated carbocycles. The molecule has 1 aromatic rings. The van der Waals surface area contributed by atoms with Crippen molar-refractivity contribution in [3.05, 3.63) is 23.4 Å². The van der Waals surface area contributed by atoms with Crippen molar-refractivity contribution in [3.63, 3.8) is 0 Å². The predicted octanol–water partition coefficient (Wildman–Crippen LogP) is 3.74. The second kappa shape index (κ2) is 7.27. The minimum absolute atomic E-state index is 0.250. The van der Waals surface area contributed by atoms with Crippen LogP contribution in [0.2, 0.25) is 0 Å². The molecule has 1 rings (SSSR count). The predicted molar refractivity (Wildman–Crippen MR) is 82.5 cm³/mol. The number of anilines is 1. The van der Waals surface area contributed by atoms with Gasteiger partial charge in [0.25, 0.3) is 0 Å². The van der Waals surface area contributed by atoms with Crippen molar-refractivity contribution in [2.75, 3.05) is 11.4 Å². The van der Waals surface area contributed by atoms with E-state index in [9.17, 15) is 4.79 Å². The van der Waals surface area contributed by atoms with E-state index in [1.165, 1.54) is 6.20 Å². The molecule has 112 valence electrons. The van der Waals surface area contributed by atoms with Crippen molar-refractivity contribution < 1.29 is 9.90 Å². The van der Waals surface area contributed by atoms with Crippen LogP contribution in [0.4, 0.5) is 5.82 Å². The largest absolute Gasteiger partial charge is 0.478 e. The molecule has 4 nitrogen and oxygen atoms in total. The lowest BCUT2D eigenvalue weighted by Gasteiger charge is -2.34. The number of carboxylic acid groups (broad SMARTS) is 1. The van der Waals surface area contributed by atoms with Crippen LogP contribution in [0.3, 0.4) is 0 Å². The van der Waals surface area contributed by atoms with Crippen LogP contribution in [0.5, 0.6) is 0 Å². The van der Waals surface area contributed by atoms with E-state index in [2.05, 4.69) is 37.6 Å². The van der Waals surface area contributed by atoms with E-state index in [1.807, 2.05) is 6.92 Å². The van der Waals surface area contributed by atoms with Gasteiger partial charge in [0, 0.05) is 18.8 Å². The van der Waals surface area contributed by atoms with Crippen LogP contribution in [-0.2, 0) is 0 Å². The maximum Gasteiger partial charge on any atom is 0.337 e. The normalized spacial score (nSPS) is 11.2. The van der Waals surface area contributed by atoms with Crippen LogP contribution >= 0.6 is 0 Å². The van der Waals surface area contributed by atoms with Gasteiger partial charge in [-0.2, -0.15) is 0 Å². The highest BCUT2D eigenvalue weighted by Crippen LogP contribution is 2.24. The Hall–Kier alpha value is -1.58. The molecule has 0 fully saturated rings. The van der Waals surface area contributed by atoms with E-state index in [0.717, 1.165) is 30.8 Å². The maximum atomic E-state index is 11.0. The second-order valence-electron chi connectivity index (χ2n) is 5.69. The topological polar surface area (TPSA) is 53.4 Å². The van der Waals surface area contributed by atoms with Gasteiger partial charge in [-0.15, -0.1) is 0 Å². The molecule has 0 aliphatic carbocycles. The zero-order valence-electron chi connectivity index (χ0n) is 13.2. The summed E-state index contributed by atoms with van der Waals surface area (Å²) in [6, 6.07) is 2.15. The van der Waals surface area contributed by atoms with Gasteiger partial charge in [0.15, 0.2) is 0 Å². The van der Waals surface area contributed by atoms with Gasteiger partial charge in [-0.3, -0.25) is 0 Å². The summed E-state index contributed by atoms with van der Waals surface area (Å²) in [6.07, 6.45) is 3.58. The van der Waals surface area contributed by atoms with E-state index in [4.69, 9.17) is 5.11 Å². The molecule has 0 spiro atoms. The highest BCUT2D eigenvalue weighted by Gasteiger charge is 2.20. The molecule has 0 bridgehead atoms. The first-order valence-electron chi connectivity index (χ1n) is 7.37. The molecule has 1 aromatic heterocycles. The first-order valence-corrected chi connectivity index (χ1v) is 7.37. The molecular weight excluding hydrogens is 252 g/mol. The highest BCUT2D eigenvalue weighted by atomic mass is 16.4. The van der Waals surface area contributed by atoms with Crippen molar-refractivity contribution in [3.8, 4) is 0 Å². The quantitative estimate of drug-likeness (QED) is 0.825. The Morgan fingerprint density at radius 2 is 1.95 bits per heavy atom. The average Bonchev–Trinajstić information content (AvgIpc) is 2.38. The van der Waals surface area contributed by atoms with E-state index in [-0.39, 0.29) is 5.56 Å². The van der Waals surface area contributed by atoms with Crippen LogP contribution in [-0.4, -0.2) is 28.6 Å². The third kappa shape index (κ3) is 3.95. The molecule has 0 radical (unpaired) electrons. The Morgan fingerprint density at radius 3 is 2.35 bits per heavy atom. The minimum atomic E-state index is -0.926.